The molecule has 0 radical (unpaired) electrons. The first-order valence-corrected chi connectivity index (χ1v) is 11.5. The van der Waals surface area contributed by atoms with Crippen LogP contribution in [0.5, 0.6) is 0 Å². The second-order valence-electron chi connectivity index (χ2n) is 9.04. The van der Waals surface area contributed by atoms with Gasteiger partial charge in [0.25, 0.3) is 5.91 Å². The number of likely N-dealkylation sites (N-methyl/N-ethyl adjacent to an activating group) is 1. The van der Waals surface area contributed by atoms with Crippen LogP contribution in [0.1, 0.15) is 46.8 Å². The van der Waals surface area contributed by atoms with Crippen LogP contribution in [0.4, 0.5) is 10.6 Å². The molecule has 1 aromatic heterocycles. The predicted octanol–water partition coefficient (Wildman–Crippen LogP) is 3.86. The van der Waals surface area contributed by atoms with Gasteiger partial charge in [-0.05, 0) is 41.5 Å². The van der Waals surface area contributed by atoms with Gasteiger partial charge in [0.1, 0.15) is 17.8 Å². The van der Waals surface area contributed by atoms with Crippen LogP contribution >= 0.6 is 0 Å². The van der Waals surface area contributed by atoms with Crippen molar-refractivity contribution in [1.29, 1.82) is 0 Å². The molecule has 0 unspecified atom stereocenters. The predicted molar refractivity (Wildman–Crippen MR) is 128 cm³/mol. The number of anilines is 1. The van der Waals surface area contributed by atoms with Gasteiger partial charge < -0.3 is 14.7 Å². The zero-order chi connectivity index (χ0) is 24.7. The van der Waals surface area contributed by atoms with E-state index in [2.05, 4.69) is 22.5 Å². The van der Waals surface area contributed by atoms with E-state index < -0.39 is 23.5 Å². The average Bonchev–Trinajstić information content (AvgIpc) is 3.33. The number of aryl methyl sites for hydroxylation is 1. The van der Waals surface area contributed by atoms with Crippen LogP contribution < -0.4 is 5.32 Å². The molecule has 2 aliphatic carbocycles. The molecule has 0 spiro atoms. The highest BCUT2D eigenvalue weighted by Gasteiger charge is 2.50. The number of carbonyl (C=O) groups is 3. The fourth-order valence-corrected chi connectivity index (χ4v) is 5.04. The number of nitrogens with one attached hydrogen (secondary N) is 1. The van der Waals surface area contributed by atoms with Crippen molar-refractivity contribution >= 4 is 23.8 Å². The van der Waals surface area contributed by atoms with Gasteiger partial charge in [0.15, 0.2) is 5.82 Å². The third kappa shape index (κ3) is 3.73. The van der Waals surface area contributed by atoms with Crippen molar-refractivity contribution in [3.8, 4) is 11.1 Å². The van der Waals surface area contributed by atoms with Crippen molar-refractivity contribution in [2.24, 2.45) is 7.05 Å². The molecular weight excluding hydrogens is 448 g/mol. The van der Waals surface area contributed by atoms with Crippen LogP contribution in [-0.4, -0.2) is 57.0 Å². The van der Waals surface area contributed by atoms with Crippen LogP contribution in [-0.2, 0) is 16.6 Å². The van der Waals surface area contributed by atoms with Gasteiger partial charge in [0, 0.05) is 26.1 Å². The molecule has 2 amide bonds. The Morgan fingerprint density at radius 3 is 2.26 bits per heavy atom. The van der Waals surface area contributed by atoms with E-state index in [1.807, 2.05) is 36.4 Å². The van der Waals surface area contributed by atoms with Crippen molar-refractivity contribution in [2.75, 3.05) is 19.0 Å². The second-order valence-corrected chi connectivity index (χ2v) is 9.04. The number of hydrogen-bond donors (Lipinski definition) is 2. The van der Waals surface area contributed by atoms with E-state index >= 15 is 0 Å². The average molecular weight is 475 g/mol. The van der Waals surface area contributed by atoms with Crippen LogP contribution in [0.3, 0.4) is 0 Å². The van der Waals surface area contributed by atoms with Gasteiger partial charge in [-0.15, -0.1) is 0 Å². The summed E-state index contributed by atoms with van der Waals surface area (Å²) >= 11 is 0. The molecule has 35 heavy (non-hydrogen) atoms. The third-order valence-electron chi connectivity index (χ3n) is 7.20. The maximum atomic E-state index is 13.0. The van der Waals surface area contributed by atoms with Gasteiger partial charge in [0.2, 0.25) is 0 Å². The zero-order valence-corrected chi connectivity index (χ0v) is 19.5. The molecule has 2 aliphatic rings. The summed E-state index contributed by atoms with van der Waals surface area (Å²) < 4.78 is 6.87. The van der Waals surface area contributed by atoms with E-state index in [9.17, 15) is 19.5 Å². The molecular formula is C26H26N4O5. The number of fused-ring (bicyclic) bond motifs is 3. The summed E-state index contributed by atoms with van der Waals surface area (Å²) in [5.41, 5.74) is 3.48. The maximum Gasteiger partial charge on any atom is 0.412 e. The zero-order valence-electron chi connectivity index (χ0n) is 19.5. The van der Waals surface area contributed by atoms with Crippen molar-refractivity contribution in [1.82, 2.24) is 14.7 Å². The van der Waals surface area contributed by atoms with Crippen LogP contribution in [0.2, 0.25) is 0 Å². The van der Waals surface area contributed by atoms with E-state index in [-0.39, 0.29) is 24.0 Å². The number of hydrogen-bond acceptors (Lipinski definition) is 5. The van der Waals surface area contributed by atoms with Gasteiger partial charge in [0.05, 0.1) is 0 Å². The lowest BCUT2D eigenvalue weighted by atomic mass is 9.75. The highest BCUT2D eigenvalue weighted by molar-refractivity contribution is 5.98. The maximum absolute atomic E-state index is 13.0. The summed E-state index contributed by atoms with van der Waals surface area (Å²) in [6.45, 7) is 0.155. The summed E-state index contributed by atoms with van der Waals surface area (Å²) in [7, 11) is 3.06. The minimum Gasteiger partial charge on any atom is -0.479 e. The lowest BCUT2D eigenvalue weighted by Gasteiger charge is -2.44. The molecule has 1 saturated carbocycles. The molecule has 2 aromatic carbocycles. The quantitative estimate of drug-likeness (QED) is 0.561. The number of aliphatic carboxylic acids is 1. The van der Waals surface area contributed by atoms with Crippen LogP contribution in [0.15, 0.2) is 54.6 Å². The fourth-order valence-electron chi connectivity index (χ4n) is 5.04. The monoisotopic (exact) mass is 474 g/mol. The number of ether oxygens (including phenoxy) is 1. The topological polar surface area (TPSA) is 114 Å². The highest BCUT2D eigenvalue weighted by Crippen LogP contribution is 2.44. The highest BCUT2D eigenvalue weighted by atomic mass is 16.5. The van der Waals surface area contributed by atoms with Gasteiger partial charge in [-0.25, -0.2) is 9.59 Å². The van der Waals surface area contributed by atoms with Crippen LogP contribution in [0.25, 0.3) is 11.1 Å². The van der Waals surface area contributed by atoms with Gasteiger partial charge in [-0.3, -0.25) is 14.8 Å². The van der Waals surface area contributed by atoms with Crippen molar-refractivity contribution in [3.05, 3.63) is 71.4 Å². The van der Waals surface area contributed by atoms with Gasteiger partial charge >= 0.3 is 12.1 Å². The first-order chi connectivity index (χ1) is 16.8. The number of rotatable bonds is 6. The molecule has 0 aliphatic heterocycles. The fraction of sp³-hybridized carbons (Fsp3) is 0.308. The summed E-state index contributed by atoms with van der Waals surface area (Å²) in [5, 5.41) is 16.4. The largest absolute Gasteiger partial charge is 0.479 e. The summed E-state index contributed by atoms with van der Waals surface area (Å²) in [5.74, 6) is -1.40. The lowest BCUT2D eigenvalue weighted by molar-refractivity contribution is -0.154. The SMILES string of the molecule is CN(C(=O)c1cc(NC(=O)OCC2c3ccccc3-c3ccccc32)nn1C)C1(C(=O)O)CCC1. The number of carboxylic acid groups (broad SMARTS) is 1. The number of amides is 2. The summed E-state index contributed by atoms with van der Waals surface area (Å²) in [4.78, 5) is 38.6. The Hall–Kier alpha value is -4.14. The second kappa shape index (κ2) is 8.57. The molecule has 0 bridgehead atoms. The normalized spacial score (nSPS) is 15.5. The summed E-state index contributed by atoms with van der Waals surface area (Å²) in [6, 6.07) is 17.6. The Labute approximate surface area is 202 Å². The number of benzene rings is 2. The molecule has 9 nitrogen and oxygen atoms in total. The van der Waals surface area contributed by atoms with E-state index in [0.29, 0.717) is 12.8 Å². The van der Waals surface area contributed by atoms with E-state index in [4.69, 9.17) is 4.74 Å². The molecule has 180 valence electrons. The molecule has 0 saturated heterocycles. The Kier molecular flexibility index (Phi) is 5.55. The molecule has 5 rings (SSSR count). The number of nitrogens with zero attached hydrogens (tertiary/aromatic N) is 3. The standard InChI is InChI=1S/C26H26N4O5/c1-29(26(24(32)33)12-7-13-26)23(31)21-14-22(28-30(21)2)27-25(34)35-15-20-18-10-5-3-8-16(18)17-9-4-6-11-19(17)20/h3-6,8-11,14,20H,7,12-13,15H2,1-2H3,(H,32,33)(H,27,28,34). The Bertz CT molecular complexity index is 1280. The van der Waals surface area contributed by atoms with Crippen molar-refractivity contribution in [3.63, 3.8) is 0 Å². The Morgan fingerprint density at radius 2 is 1.71 bits per heavy atom. The van der Waals surface area contributed by atoms with E-state index in [1.165, 1.54) is 22.7 Å². The number of carbonyl (C=O) groups excluding carboxylic acids is 2. The number of aromatic nitrogens is 2. The van der Waals surface area contributed by atoms with Crippen LogP contribution in [0, 0.1) is 0 Å². The third-order valence-corrected chi connectivity index (χ3v) is 7.20. The summed E-state index contributed by atoms with van der Waals surface area (Å²) in [6.07, 6.45) is 0.892. The first-order valence-electron chi connectivity index (χ1n) is 11.5. The first kappa shape index (κ1) is 22.6. The lowest BCUT2D eigenvalue weighted by Crippen LogP contribution is -2.59. The molecule has 2 N–H and O–H groups in total. The molecule has 0 atom stereocenters. The Balaban J connectivity index is 1.26. The molecule has 9 heteroatoms. The van der Waals surface area contributed by atoms with Gasteiger partial charge in [-0.2, -0.15) is 5.10 Å². The van der Waals surface area contributed by atoms with E-state index in [1.54, 1.807) is 7.05 Å². The van der Waals surface area contributed by atoms with Crippen molar-refractivity contribution in [2.45, 2.75) is 30.7 Å². The minimum absolute atomic E-state index is 0.0719. The molecule has 1 fully saturated rings. The van der Waals surface area contributed by atoms with Gasteiger partial charge in [-0.1, -0.05) is 48.5 Å². The van der Waals surface area contributed by atoms with E-state index in [0.717, 1.165) is 28.7 Å². The van der Waals surface area contributed by atoms with Crippen molar-refractivity contribution < 1.29 is 24.2 Å². The minimum atomic E-state index is -1.19. The molecule has 3 aromatic rings. The molecule has 1 heterocycles. The number of carboxylic acids is 1. The smallest absolute Gasteiger partial charge is 0.412 e. The Morgan fingerprint density at radius 1 is 1.11 bits per heavy atom.